The van der Waals surface area contributed by atoms with Crippen molar-refractivity contribution in [2.75, 3.05) is 13.7 Å². The molecular weight excluding hydrogens is 290 g/mol. The standard InChI is InChI=1S/C15H25NO6/c1-14(2)19-7-10(21-14)11-12-9(20-15(3,4)22-12)6-8(16-11)13(17)18-5/h8-12,16H,6-7H2,1-5H3/t8-,9+,10+,11?,12+/m0/s1. The molecule has 0 aromatic carbocycles. The van der Waals surface area contributed by atoms with Crippen LogP contribution in [0, 0.1) is 0 Å². The van der Waals surface area contributed by atoms with Gasteiger partial charge in [0.2, 0.25) is 0 Å². The molecule has 0 aromatic rings. The Morgan fingerprint density at radius 1 is 1.09 bits per heavy atom. The van der Waals surface area contributed by atoms with Crippen LogP contribution in [0.15, 0.2) is 0 Å². The SMILES string of the molecule is COC(=O)[C@@H]1C[C@H]2OC(C)(C)O[C@H]2C([C@H]2COC(C)(C)O2)N1. The first kappa shape index (κ1) is 16.1. The summed E-state index contributed by atoms with van der Waals surface area (Å²) in [4.78, 5) is 12.0. The molecule has 126 valence electrons. The van der Waals surface area contributed by atoms with Gasteiger partial charge in [-0.05, 0) is 27.7 Å². The summed E-state index contributed by atoms with van der Waals surface area (Å²) in [5, 5.41) is 3.31. The van der Waals surface area contributed by atoms with Gasteiger partial charge < -0.3 is 23.7 Å². The predicted octanol–water partition coefficient (Wildman–Crippen LogP) is 0.562. The number of carbonyl (C=O) groups is 1. The molecule has 0 radical (unpaired) electrons. The normalized spacial score (nSPS) is 42.9. The van der Waals surface area contributed by atoms with E-state index in [2.05, 4.69) is 5.32 Å². The zero-order valence-electron chi connectivity index (χ0n) is 13.8. The van der Waals surface area contributed by atoms with E-state index in [1.165, 1.54) is 7.11 Å². The highest BCUT2D eigenvalue weighted by molar-refractivity contribution is 5.76. The number of methoxy groups -OCH3 is 1. The number of fused-ring (bicyclic) bond motifs is 1. The number of piperidine rings is 1. The third-order valence-corrected chi connectivity index (χ3v) is 4.35. The van der Waals surface area contributed by atoms with Crippen LogP contribution in [0.5, 0.6) is 0 Å². The zero-order valence-corrected chi connectivity index (χ0v) is 13.8. The number of nitrogens with one attached hydrogen (secondary N) is 1. The van der Waals surface area contributed by atoms with Crippen molar-refractivity contribution in [2.24, 2.45) is 0 Å². The van der Waals surface area contributed by atoms with Crippen molar-refractivity contribution < 1.29 is 28.5 Å². The molecule has 22 heavy (non-hydrogen) atoms. The minimum Gasteiger partial charge on any atom is -0.468 e. The van der Waals surface area contributed by atoms with Crippen molar-refractivity contribution in [3.63, 3.8) is 0 Å². The first-order valence-electron chi connectivity index (χ1n) is 7.72. The minimum absolute atomic E-state index is 0.169. The van der Waals surface area contributed by atoms with Gasteiger partial charge >= 0.3 is 5.97 Å². The van der Waals surface area contributed by atoms with E-state index in [0.717, 1.165) is 0 Å². The summed E-state index contributed by atoms with van der Waals surface area (Å²) in [6.45, 7) is 7.96. The summed E-state index contributed by atoms with van der Waals surface area (Å²) >= 11 is 0. The lowest BCUT2D eigenvalue weighted by molar-refractivity contribution is -0.160. The molecule has 1 unspecified atom stereocenters. The molecule has 3 heterocycles. The van der Waals surface area contributed by atoms with Gasteiger partial charge in [-0.3, -0.25) is 10.1 Å². The largest absolute Gasteiger partial charge is 0.468 e. The monoisotopic (exact) mass is 315 g/mol. The second kappa shape index (κ2) is 5.42. The second-order valence-corrected chi connectivity index (χ2v) is 7.01. The van der Waals surface area contributed by atoms with Crippen molar-refractivity contribution in [3.05, 3.63) is 0 Å². The highest BCUT2D eigenvalue weighted by Gasteiger charge is 2.54. The Morgan fingerprint density at radius 3 is 2.36 bits per heavy atom. The van der Waals surface area contributed by atoms with Crippen LogP contribution in [0.25, 0.3) is 0 Å². The fraction of sp³-hybridized carbons (Fsp3) is 0.933. The van der Waals surface area contributed by atoms with Crippen LogP contribution in [0.3, 0.4) is 0 Å². The van der Waals surface area contributed by atoms with Gasteiger partial charge in [0.1, 0.15) is 18.2 Å². The Labute approximate surface area is 130 Å². The van der Waals surface area contributed by atoms with Crippen molar-refractivity contribution in [3.8, 4) is 0 Å². The van der Waals surface area contributed by atoms with Gasteiger partial charge in [-0.1, -0.05) is 0 Å². The fourth-order valence-corrected chi connectivity index (χ4v) is 3.50. The average Bonchev–Trinajstić information content (AvgIpc) is 2.94. The summed E-state index contributed by atoms with van der Waals surface area (Å²) in [6.07, 6.45) is -0.0302. The Kier molecular flexibility index (Phi) is 3.98. The number of esters is 1. The molecule has 0 aliphatic carbocycles. The van der Waals surface area contributed by atoms with E-state index < -0.39 is 17.6 Å². The van der Waals surface area contributed by atoms with E-state index in [1.807, 2.05) is 27.7 Å². The van der Waals surface area contributed by atoms with Gasteiger partial charge in [0.15, 0.2) is 11.6 Å². The molecule has 3 fully saturated rings. The first-order chi connectivity index (χ1) is 10.2. The molecule has 3 saturated heterocycles. The third-order valence-electron chi connectivity index (χ3n) is 4.35. The maximum absolute atomic E-state index is 12.0. The molecule has 0 amide bonds. The van der Waals surface area contributed by atoms with Crippen LogP contribution in [0.1, 0.15) is 34.1 Å². The van der Waals surface area contributed by atoms with Crippen molar-refractivity contribution >= 4 is 5.97 Å². The third kappa shape index (κ3) is 3.00. The van der Waals surface area contributed by atoms with E-state index in [9.17, 15) is 4.79 Å². The van der Waals surface area contributed by atoms with Crippen molar-refractivity contribution in [1.29, 1.82) is 0 Å². The number of hydrogen-bond acceptors (Lipinski definition) is 7. The van der Waals surface area contributed by atoms with Gasteiger partial charge in [-0.15, -0.1) is 0 Å². The Hall–Kier alpha value is -0.730. The topological polar surface area (TPSA) is 75.3 Å². The van der Waals surface area contributed by atoms with E-state index in [4.69, 9.17) is 23.7 Å². The van der Waals surface area contributed by atoms with E-state index >= 15 is 0 Å². The van der Waals surface area contributed by atoms with Gasteiger partial charge in [0.25, 0.3) is 0 Å². The van der Waals surface area contributed by atoms with Gasteiger partial charge in [0.05, 0.1) is 25.9 Å². The predicted molar refractivity (Wildman–Crippen MR) is 76.1 cm³/mol. The lowest BCUT2D eigenvalue weighted by atomic mass is 9.90. The quantitative estimate of drug-likeness (QED) is 0.746. The maximum atomic E-state index is 12.0. The molecule has 5 atom stereocenters. The molecule has 0 bridgehead atoms. The summed E-state index contributed by atoms with van der Waals surface area (Å²) in [7, 11) is 1.39. The molecule has 3 aliphatic rings. The van der Waals surface area contributed by atoms with Gasteiger partial charge in [-0.25, -0.2) is 0 Å². The first-order valence-corrected chi connectivity index (χ1v) is 7.72. The van der Waals surface area contributed by atoms with Crippen LogP contribution in [0.4, 0.5) is 0 Å². The number of carbonyl (C=O) groups excluding carboxylic acids is 1. The summed E-state index contributed by atoms with van der Waals surface area (Å²) in [6, 6.07) is -0.618. The van der Waals surface area contributed by atoms with Crippen LogP contribution >= 0.6 is 0 Å². The number of hydrogen-bond donors (Lipinski definition) is 1. The molecular formula is C15H25NO6. The van der Waals surface area contributed by atoms with Gasteiger partial charge in [0, 0.05) is 6.42 Å². The van der Waals surface area contributed by atoms with E-state index in [0.29, 0.717) is 13.0 Å². The highest BCUT2D eigenvalue weighted by atomic mass is 16.8. The molecule has 0 saturated carbocycles. The molecule has 0 aromatic heterocycles. The minimum atomic E-state index is -0.671. The Morgan fingerprint density at radius 2 is 1.77 bits per heavy atom. The molecule has 0 spiro atoms. The van der Waals surface area contributed by atoms with Crippen LogP contribution in [-0.2, 0) is 28.5 Å². The Balaban J connectivity index is 1.80. The second-order valence-electron chi connectivity index (χ2n) is 7.01. The molecule has 3 rings (SSSR count). The van der Waals surface area contributed by atoms with E-state index in [-0.39, 0.29) is 30.3 Å². The highest BCUT2D eigenvalue weighted by Crippen LogP contribution is 2.38. The van der Waals surface area contributed by atoms with Crippen LogP contribution in [0.2, 0.25) is 0 Å². The smallest absolute Gasteiger partial charge is 0.322 e. The lowest BCUT2D eigenvalue weighted by Gasteiger charge is -2.38. The van der Waals surface area contributed by atoms with Crippen LogP contribution < -0.4 is 5.32 Å². The Bertz CT molecular complexity index is 451. The molecule has 7 nitrogen and oxygen atoms in total. The molecule has 7 heteroatoms. The zero-order chi connectivity index (χ0) is 16.1. The molecule has 1 N–H and O–H groups in total. The van der Waals surface area contributed by atoms with Crippen molar-refractivity contribution in [1.82, 2.24) is 5.32 Å². The van der Waals surface area contributed by atoms with Gasteiger partial charge in [-0.2, -0.15) is 0 Å². The number of rotatable bonds is 2. The number of ether oxygens (including phenoxy) is 5. The fourth-order valence-electron chi connectivity index (χ4n) is 3.50. The summed E-state index contributed by atoms with van der Waals surface area (Å²) in [5.74, 6) is -1.60. The average molecular weight is 315 g/mol. The van der Waals surface area contributed by atoms with Crippen LogP contribution in [-0.4, -0.2) is 61.7 Å². The van der Waals surface area contributed by atoms with E-state index in [1.54, 1.807) is 0 Å². The summed E-state index contributed by atoms with van der Waals surface area (Å²) < 4.78 is 28.5. The summed E-state index contributed by atoms with van der Waals surface area (Å²) in [5.41, 5.74) is 0. The van der Waals surface area contributed by atoms with Crippen molar-refractivity contribution in [2.45, 2.75) is 76.1 Å². The maximum Gasteiger partial charge on any atom is 0.322 e. The lowest BCUT2D eigenvalue weighted by Crippen LogP contribution is -2.63. The molecule has 3 aliphatic heterocycles.